The number of anilines is 1. The molecule has 186 valence electrons. The summed E-state index contributed by atoms with van der Waals surface area (Å²) in [5.41, 5.74) is 2.69. The molecule has 0 bridgehead atoms. The molecule has 0 radical (unpaired) electrons. The van der Waals surface area contributed by atoms with Gasteiger partial charge >= 0.3 is 0 Å². The lowest BCUT2D eigenvalue weighted by molar-refractivity contribution is -0.132. The molecule has 0 aromatic heterocycles. The van der Waals surface area contributed by atoms with Gasteiger partial charge in [0.1, 0.15) is 17.3 Å². The van der Waals surface area contributed by atoms with Crippen molar-refractivity contribution in [1.82, 2.24) is 0 Å². The van der Waals surface area contributed by atoms with Gasteiger partial charge in [0.25, 0.3) is 11.7 Å². The van der Waals surface area contributed by atoms with Crippen molar-refractivity contribution in [2.75, 3.05) is 18.6 Å². The lowest BCUT2D eigenvalue weighted by Crippen LogP contribution is -2.29. The predicted octanol–water partition coefficient (Wildman–Crippen LogP) is 5.92. The van der Waals surface area contributed by atoms with Crippen LogP contribution in [0.2, 0.25) is 0 Å². The monoisotopic (exact) mass is 485 g/mol. The highest BCUT2D eigenvalue weighted by Gasteiger charge is 2.47. The summed E-state index contributed by atoms with van der Waals surface area (Å²) in [4.78, 5) is 28.3. The minimum Gasteiger partial charge on any atom is -0.507 e. The number of aliphatic hydroxyl groups excluding tert-OH is 1. The molecule has 1 unspecified atom stereocenters. The molecule has 1 amide bonds. The molecule has 6 heteroatoms. The van der Waals surface area contributed by atoms with Crippen LogP contribution >= 0.6 is 0 Å². The zero-order chi connectivity index (χ0) is 25.8. The van der Waals surface area contributed by atoms with Gasteiger partial charge in [-0.1, -0.05) is 63.2 Å². The lowest BCUT2D eigenvalue weighted by Gasteiger charge is -2.26. The normalized spacial score (nSPS) is 17.0. The van der Waals surface area contributed by atoms with Crippen LogP contribution in [0, 0.1) is 5.92 Å². The van der Waals surface area contributed by atoms with Crippen LogP contribution in [0.4, 0.5) is 5.69 Å². The Morgan fingerprint density at radius 3 is 2.39 bits per heavy atom. The highest BCUT2D eigenvalue weighted by molar-refractivity contribution is 6.51. The van der Waals surface area contributed by atoms with E-state index in [0.29, 0.717) is 40.8 Å². The summed E-state index contributed by atoms with van der Waals surface area (Å²) in [5.74, 6) is -0.296. The Morgan fingerprint density at radius 1 is 1.00 bits per heavy atom. The minimum atomic E-state index is -0.867. The van der Waals surface area contributed by atoms with Crippen LogP contribution in [-0.4, -0.2) is 30.5 Å². The number of aliphatic hydroxyl groups is 1. The van der Waals surface area contributed by atoms with Gasteiger partial charge in [-0.05, 0) is 48.2 Å². The van der Waals surface area contributed by atoms with E-state index in [1.807, 2.05) is 50.2 Å². The number of para-hydroxylation sites is 1. The fourth-order valence-corrected chi connectivity index (χ4v) is 4.33. The van der Waals surface area contributed by atoms with Crippen LogP contribution < -0.4 is 14.4 Å². The van der Waals surface area contributed by atoms with Crippen molar-refractivity contribution in [1.29, 1.82) is 0 Å². The van der Waals surface area contributed by atoms with Gasteiger partial charge in [-0.25, -0.2) is 0 Å². The van der Waals surface area contributed by atoms with E-state index in [2.05, 4.69) is 6.92 Å². The van der Waals surface area contributed by atoms with Gasteiger partial charge in [-0.15, -0.1) is 0 Å². The van der Waals surface area contributed by atoms with E-state index < -0.39 is 17.7 Å². The number of methoxy groups -OCH3 is 1. The summed E-state index contributed by atoms with van der Waals surface area (Å²) in [6.45, 7) is 6.66. The van der Waals surface area contributed by atoms with Crippen molar-refractivity contribution < 1.29 is 24.2 Å². The van der Waals surface area contributed by atoms with E-state index in [0.717, 1.165) is 12.0 Å². The quantitative estimate of drug-likeness (QED) is 0.244. The summed E-state index contributed by atoms with van der Waals surface area (Å²) < 4.78 is 11.4. The third-order valence-corrected chi connectivity index (χ3v) is 6.19. The third kappa shape index (κ3) is 4.85. The third-order valence-electron chi connectivity index (χ3n) is 6.19. The number of carbonyl (C=O) groups is 2. The lowest BCUT2D eigenvalue weighted by atomic mass is 9.94. The van der Waals surface area contributed by atoms with E-state index in [-0.39, 0.29) is 11.3 Å². The maximum Gasteiger partial charge on any atom is 0.300 e. The maximum atomic E-state index is 13.4. The van der Waals surface area contributed by atoms with Crippen LogP contribution in [0.1, 0.15) is 43.5 Å². The van der Waals surface area contributed by atoms with Crippen molar-refractivity contribution in [3.05, 3.63) is 95.1 Å². The molecule has 0 saturated carbocycles. The first-order chi connectivity index (χ1) is 17.3. The van der Waals surface area contributed by atoms with Crippen molar-refractivity contribution in [2.24, 2.45) is 5.92 Å². The van der Waals surface area contributed by atoms with Crippen molar-refractivity contribution in [3.8, 4) is 11.5 Å². The topological polar surface area (TPSA) is 76.1 Å². The van der Waals surface area contributed by atoms with Crippen molar-refractivity contribution in [3.63, 3.8) is 0 Å². The fourth-order valence-electron chi connectivity index (χ4n) is 4.33. The summed E-state index contributed by atoms with van der Waals surface area (Å²) >= 11 is 0. The van der Waals surface area contributed by atoms with E-state index >= 15 is 0 Å². The number of ether oxygens (including phenoxy) is 2. The second kappa shape index (κ2) is 10.7. The largest absolute Gasteiger partial charge is 0.507 e. The summed E-state index contributed by atoms with van der Waals surface area (Å²) in [5, 5.41) is 11.4. The number of hydrogen-bond acceptors (Lipinski definition) is 5. The van der Waals surface area contributed by atoms with E-state index in [4.69, 9.17) is 9.47 Å². The molecule has 0 spiro atoms. The first-order valence-corrected chi connectivity index (χ1v) is 12.1. The zero-order valence-corrected chi connectivity index (χ0v) is 21.0. The van der Waals surface area contributed by atoms with Crippen molar-refractivity contribution >= 4 is 23.1 Å². The highest BCUT2D eigenvalue weighted by atomic mass is 16.5. The molecule has 3 aromatic carbocycles. The number of ketones is 1. The standard InChI is InChI=1S/C30H31NO5/c1-5-20-13-15-22(16-14-20)31-27(24-11-6-7-12-25(24)35-4)26(29(33)30(31)34)28(32)21-9-8-10-23(17-21)36-18-19(2)3/h6-17,19,27,32H,5,18H2,1-4H3/b28-26-. The van der Waals surface area contributed by atoms with Gasteiger partial charge in [0.2, 0.25) is 0 Å². The molecule has 1 N–H and O–H groups in total. The zero-order valence-electron chi connectivity index (χ0n) is 21.0. The Labute approximate surface area is 211 Å². The molecule has 6 nitrogen and oxygen atoms in total. The van der Waals surface area contributed by atoms with E-state index in [1.54, 1.807) is 36.4 Å². The second-order valence-electron chi connectivity index (χ2n) is 9.16. The molecular formula is C30H31NO5. The van der Waals surface area contributed by atoms with Crippen LogP contribution in [0.25, 0.3) is 5.76 Å². The SMILES string of the molecule is CCc1ccc(N2C(=O)C(=O)/C(=C(\O)c3cccc(OCC(C)C)c3)C2c2ccccc2OC)cc1. The summed E-state index contributed by atoms with van der Waals surface area (Å²) in [6.07, 6.45) is 0.851. The molecule has 36 heavy (non-hydrogen) atoms. The average molecular weight is 486 g/mol. The molecular weight excluding hydrogens is 454 g/mol. The second-order valence-corrected chi connectivity index (χ2v) is 9.16. The maximum absolute atomic E-state index is 13.4. The Balaban J connectivity index is 1.89. The van der Waals surface area contributed by atoms with Crippen LogP contribution in [0.3, 0.4) is 0 Å². The van der Waals surface area contributed by atoms with Crippen LogP contribution in [0.5, 0.6) is 11.5 Å². The number of carbonyl (C=O) groups excluding carboxylic acids is 2. The number of rotatable bonds is 8. The Bertz CT molecular complexity index is 1290. The van der Waals surface area contributed by atoms with E-state index in [1.165, 1.54) is 12.0 Å². The molecule has 4 rings (SSSR count). The number of nitrogens with zero attached hydrogens (tertiary/aromatic N) is 1. The molecule has 3 aromatic rings. The number of hydrogen-bond donors (Lipinski definition) is 1. The molecule has 1 fully saturated rings. The molecule has 1 atom stereocenters. The Hall–Kier alpha value is -4.06. The van der Waals surface area contributed by atoms with Crippen LogP contribution in [-0.2, 0) is 16.0 Å². The molecule has 1 aliphatic heterocycles. The van der Waals surface area contributed by atoms with Gasteiger partial charge in [0.15, 0.2) is 0 Å². The Kier molecular flexibility index (Phi) is 7.44. The summed E-state index contributed by atoms with van der Waals surface area (Å²) in [7, 11) is 1.54. The van der Waals surface area contributed by atoms with Gasteiger partial charge in [0.05, 0.1) is 25.3 Å². The minimum absolute atomic E-state index is 0.00470. The number of benzene rings is 3. The number of aryl methyl sites for hydroxylation is 1. The number of Topliss-reactive ketones (excluding diaryl/α,β-unsaturated/α-hetero) is 1. The highest BCUT2D eigenvalue weighted by Crippen LogP contribution is 2.45. The number of amides is 1. The first-order valence-electron chi connectivity index (χ1n) is 12.1. The fraction of sp³-hybridized carbons (Fsp3) is 0.267. The molecule has 1 heterocycles. The van der Waals surface area contributed by atoms with Gasteiger partial charge < -0.3 is 14.6 Å². The predicted molar refractivity (Wildman–Crippen MR) is 140 cm³/mol. The van der Waals surface area contributed by atoms with Gasteiger partial charge in [0, 0.05) is 16.8 Å². The van der Waals surface area contributed by atoms with Gasteiger partial charge in [-0.3, -0.25) is 14.5 Å². The molecule has 0 aliphatic carbocycles. The molecule has 1 saturated heterocycles. The molecule has 1 aliphatic rings. The summed E-state index contributed by atoms with van der Waals surface area (Å²) in [6, 6.07) is 20.8. The van der Waals surface area contributed by atoms with Crippen LogP contribution in [0.15, 0.2) is 78.4 Å². The first kappa shape index (κ1) is 25.0. The average Bonchev–Trinajstić information content (AvgIpc) is 3.17. The van der Waals surface area contributed by atoms with Crippen molar-refractivity contribution in [2.45, 2.75) is 33.2 Å². The van der Waals surface area contributed by atoms with Gasteiger partial charge in [-0.2, -0.15) is 0 Å². The Morgan fingerprint density at radius 2 is 1.72 bits per heavy atom. The van der Waals surface area contributed by atoms with E-state index in [9.17, 15) is 14.7 Å². The smallest absolute Gasteiger partial charge is 0.300 e.